The number of anilines is 4. The first kappa shape index (κ1) is 13.4. The molecule has 1 aromatic heterocycles. The van der Waals surface area contributed by atoms with Gasteiger partial charge in [-0.15, -0.1) is 0 Å². The van der Waals surface area contributed by atoms with Crippen molar-refractivity contribution < 1.29 is 0 Å². The number of fused-ring (bicyclic) bond motifs is 2. The van der Waals surface area contributed by atoms with Crippen LogP contribution < -0.4 is 44.6 Å². The molecule has 0 saturated carbocycles. The van der Waals surface area contributed by atoms with E-state index in [-0.39, 0.29) is 22.1 Å². The van der Waals surface area contributed by atoms with Crippen molar-refractivity contribution in [2.24, 2.45) is 0 Å². The molecular formula is C12H10N6O4. The zero-order valence-electron chi connectivity index (χ0n) is 10.9. The van der Waals surface area contributed by atoms with Crippen molar-refractivity contribution in [3.63, 3.8) is 0 Å². The Hall–Kier alpha value is -3.56. The van der Waals surface area contributed by atoms with E-state index in [1.165, 1.54) is 0 Å². The Morgan fingerprint density at radius 2 is 0.636 bits per heavy atom. The van der Waals surface area contributed by atoms with Crippen LogP contribution in [-0.4, -0.2) is 9.97 Å². The van der Waals surface area contributed by atoms with Gasteiger partial charge in [-0.3, -0.25) is 19.2 Å². The number of nitrogens with two attached hydrogens (primary N) is 4. The standard InChI is InChI=1S/C12H10N6O4/c13-1-2(14)10(20)6-5(9(1)19)17-7-8(18-6)12(22)4(16)3(15)11(7)21/h17-18H,13-16H2. The quantitative estimate of drug-likeness (QED) is 0.199. The number of aromatic amines is 2. The van der Waals surface area contributed by atoms with Gasteiger partial charge in [0.2, 0.25) is 21.7 Å². The SMILES string of the molecule is Nc1c(N)c(=O)c2[nH]c3c(=O)c(N)c(N)c(=O)c3[nH]c2c1=O. The summed E-state index contributed by atoms with van der Waals surface area (Å²) in [6.07, 6.45) is 0. The van der Waals surface area contributed by atoms with Crippen molar-refractivity contribution in [3.8, 4) is 0 Å². The number of H-pyrrole nitrogens is 2. The molecule has 0 unspecified atom stereocenters. The van der Waals surface area contributed by atoms with Crippen molar-refractivity contribution in [3.05, 3.63) is 40.9 Å². The first-order valence-corrected chi connectivity index (χ1v) is 5.97. The fourth-order valence-electron chi connectivity index (χ4n) is 2.21. The van der Waals surface area contributed by atoms with Crippen molar-refractivity contribution in [2.45, 2.75) is 0 Å². The summed E-state index contributed by atoms with van der Waals surface area (Å²) in [6.45, 7) is 0. The average Bonchev–Trinajstić information content (AvgIpc) is 2.52. The monoisotopic (exact) mass is 302 g/mol. The maximum absolute atomic E-state index is 12.1. The van der Waals surface area contributed by atoms with E-state index in [1.807, 2.05) is 0 Å². The minimum atomic E-state index is -0.771. The van der Waals surface area contributed by atoms with Gasteiger partial charge in [-0.05, 0) is 0 Å². The molecule has 0 atom stereocenters. The highest BCUT2D eigenvalue weighted by molar-refractivity contribution is 5.93. The van der Waals surface area contributed by atoms with Crippen LogP contribution in [0.5, 0.6) is 0 Å². The summed E-state index contributed by atoms with van der Waals surface area (Å²) in [4.78, 5) is 53.1. The molecule has 10 N–H and O–H groups in total. The highest BCUT2D eigenvalue weighted by atomic mass is 16.1. The van der Waals surface area contributed by atoms with Gasteiger partial charge in [0.25, 0.3) is 0 Å². The van der Waals surface area contributed by atoms with Gasteiger partial charge in [-0.2, -0.15) is 0 Å². The van der Waals surface area contributed by atoms with Crippen molar-refractivity contribution in [1.82, 2.24) is 9.97 Å². The number of rotatable bonds is 0. The molecule has 1 heterocycles. The minimum absolute atomic E-state index is 0.273. The highest BCUT2D eigenvalue weighted by Crippen LogP contribution is 2.14. The topological polar surface area (TPSA) is 204 Å². The van der Waals surface area contributed by atoms with Crippen molar-refractivity contribution in [2.75, 3.05) is 22.9 Å². The van der Waals surface area contributed by atoms with E-state index >= 15 is 0 Å². The Bertz CT molecular complexity index is 1010. The summed E-state index contributed by atoms with van der Waals surface area (Å²) in [5.41, 5.74) is 15.9. The Morgan fingerprint density at radius 1 is 0.455 bits per heavy atom. The predicted molar refractivity (Wildman–Crippen MR) is 84.1 cm³/mol. The lowest BCUT2D eigenvalue weighted by Gasteiger charge is -2.06. The molecule has 3 aromatic rings. The van der Waals surface area contributed by atoms with Gasteiger partial charge in [-0.1, -0.05) is 0 Å². The zero-order valence-corrected chi connectivity index (χ0v) is 10.9. The van der Waals surface area contributed by atoms with Crippen LogP contribution in [0.15, 0.2) is 19.2 Å². The van der Waals surface area contributed by atoms with Crippen LogP contribution in [0.2, 0.25) is 0 Å². The second kappa shape index (κ2) is 3.97. The molecule has 0 saturated heterocycles. The van der Waals surface area contributed by atoms with Gasteiger partial charge in [0.1, 0.15) is 44.8 Å². The molecule has 0 spiro atoms. The molecule has 0 radical (unpaired) electrons. The summed E-state index contributed by atoms with van der Waals surface area (Å²) in [6, 6.07) is 0. The Morgan fingerprint density at radius 3 is 0.818 bits per heavy atom. The fraction of sp³-hybridized carbons (Fsp3) is 0. The molecule has 2 aromatic carbocycles. The minimum Gasteiger partial charge on any atom is -0.394 e. The third-order valence-corrected chi connectivity index (χ3v) is 3.47. The zero-order chi connectivity index (χ0) is 16.3. The lowest BCUT2D eigenvalue weighted by Crippen LogP contribution is -2.26. The second-order valence-electron chi connectivity index (χ2n) is 4.72. The van der Waals surface area contributed by atoms with E-state index in [9.17, 15) is 19.2 Å². The molecule has 112 valence electrons. The van der Waals surface area contributed by atoms with Gasteiger partial charge < -0.3 is 32.9 Å². The first-order valence-electron chi connectivity index (χ1n) is 5.97. The van der Waals surface area contributed by atoms with Crippen LogP contribution in [0.4, 0.5) is 22.7 Å². The fourth-order valence-corrected chi connectivity index (χ4v) is 2.21. The number of nitrogens with one attached hydrogen (secondary N) is 2. The lowest BCUT2D eigenvalue weighted by molar-refractivity contribution is 1.33. The summed E-state index contributed by atoms with van der Waals surface area (Å²) in [5, 5.41) is 0. The smallest absolute Gasteiger partial charge is 0.229 e. The molecule has 0 bridgehead atoms. The number of hydrogen-bond donors (Lipinski definition) is 6. The van der Waals surface area contributed by atoms with E-state index in [4.69, 9.17) is 22.9 Å². The number of nitrogen functional groups attached to an aromatic ring is 4. The Labute approximate surface area is 119 Å². The van der Waals surface area contributed by atoms with Crippen molar-refractivity contribution in [1.29, 1.82) is 0 Å². The molecule has 0 aliphatic rings. The molecule has 10 heteroatoms. The van der Waals surface area contributed by atoms with Crippen LogP contribution in [0.1, 0.15) is 0 Å². The summed E-state index contributed by atoms with van der Waals surface area (Å²) in [5.74, 6) is 0. The summed E-state index contributed by atoms with van der Waals surface area (Å²) in [7, 11) is 0. The summed E-state index contributed by atoms with van der Waals surface area (Å²) < 4.78 is 0. The first-order chi connectivity index (χ1) is 10.3. The van der Waals surface area contributed by atoms with Crippen LogP contribution in [0, 0.1) is 0 Å². The van der Waals surface area contributed by atoms with E-state index in [1.54, 1.807) is 0 Å². The molecule has 3 rings (SSSR count). The number of aromatic nitrogens is 2. The normalized spacial score (nSPS) is 11.3. The van der Waals surface area contributed by atoms with Crippen LogP contribution >= 0.6 is 0 Å². The Kier molecular flexibility index (Phi) is 2.42. The van der Waals surface area contributed by atoms with Crippen molar-refractivity contribution >= 4 is 44.8 Å². The van der Waals surface area contributed by atoms with Gasteiger partial charge in [-0.25, -0.2) is 0 Å². The maximum Gasteiger partial charge on any atom is 0.229 e. The second-order valence-corrected chi connectivity index (χ2v) is 4.72. The molecule has 0 amide bonds. The molecule has 0 aliphatic carbocycles. The highest BCUT2D eigenvalue weighted by Gasteiger charge is 2.18. The van der Waals surface area contributed by atoms with E-state index in [2.05, 4.69) is 9.97 Å². The third kappa shape index (κ3) is 1.43. The molecular weight excluding hydrogens is 292 g/mol. The van der Waals surface area contributed by atoms with Crippen LogP contribution in [-0.2, 0) is 0 Å². The lowest BCUT2D eigenvalue weighted by atomic mass is 10.1. The average molecular weight is 302 g/mol. The van der Waals surface area contributed by atoms with E-state index in [0.717, 1.165) is 0 Å². The van der Waals surface area contributed by atoms with E-state index < -0.39 is 44.5 Å². The maximum atomic E-state index is 12.1. The molecule has 10 nitrogen and oxygen atoms in total. The van der Waals surface area contributed by atoms with Gasteiger partial charge in [0, 0.05) is 0 Å². The third-order valence-electron chi connectivity index (χ3n) is 3.47. The predicted octanol–water partition coefficient (Wildman–Crippen LogP) is -2.14. The van der Waals surface area contributed by atoms with Crippen LogP contribution in [0.3, 0.4) is 0 Å². The van der Waals surface area contributed by atoms with Gasteiger partial charge >= 0.3 is 0 Å². The van der Waals surface area contributed by atoms with Gasteiger partial charge in [0.15, 0.2) is 0 Å². The van der Waals surface area contributed by atoms with Crippen LogP contribution in [0.25, 0.3) is 22.1 Å². The largest absolute Gasteiger partial charge is 0.394 e. The molecule has 22 heavy (non-hydrogen) atoms. The van der Waals surface area contributed by atoms with Gasteiger partial charge in [0.05, 0.1) is 0 Å². The molecule has 0 aliphatic heterocycles. The Balaban J connectivity index is 2.77. The van der Waals surface area contributed by atoms with E-state index in [0.29, 0.717) is 0 Å². The number of hydrogen-bond acceptors (Lipinski definition) is 8. The number of benzene rings is 2. The molecule has 0 fully saturated rings. The summed E-state index contributed by atoms with van der Waals surface area (Å²) >= 11 is 0.